The van der Waals surface area contributed by atoms with Crippen molar-refractivity contribution < 1.29 is 0 Å². The molecule has 1 aromatic carbocycles. The molecule has 2 fully saturated rings. The summed E-state index contributed by atoms with van der Waals surface area (Å²) in [6, 6.07) is 11.6. The van der Waals surface area contributed by atoms with Gasteiger partial charge in [-0.3, -0.25) is 4.99 Å². The van der Waals surface area contributed by atoms with Gasteiger partial charge >= 0.3 is 0 Å². The molecule has 1 saturated heterocycles. The van der Waals surface area contributed by atoms with Gasteiger partial charge in [0.25, 0.3) is 0 Å². The van der Waals surface area contributed by atoms with Gasteiger partial charge in [-0.2, -0.15) is 0 Å². The van der Waals surface area contributed by atoms with Crippen LogP contribution in [0, 0.1) is 5.92 Å². The number of aliphatic imine (C=N–C) groups is 1. The zero-order valence-corrected chi connectivity index (χ0v) is 16.1. The lowest BCUT2D eigenvalue weighted by molar-refractivity contribution is 0.314. The van der Waals surface area contributed by atoms with Crippen molar-refractivity contribution in [1.82, 2.24) is 15.5 Å². The summed E-state index contributed by atoms with van der Waals surface area (Å²) in [5, 5.41) is 6.98. The van der Waals surface area contributed by atoms with Gasteiger partial charge in [-0.05, 0) is 44.2 Å². The molecule has 1 aliphatic heterocycles. The number of nitrogens with zero attached hydrogens (tertiary/aromatic N) is 2. The standard InChI is InChI=1S/C21H34N4/c1-4-22-20(23-14-17-12-13-25(15-17)19-10-11-19)24-16-21(2,3)18-8-6-5-7-9-18/h5-9,17,19H,4,10-16H2,1-3H3,(H2,22,23,24). The summed E-state index contributed by atoms with van der Waals surface area (Å²) in [6.07, 6.45) is 4.15. The van der Waals surface area contributed by atoms with Crippen molar-refractivity contribution in [1.29, 1.82) is 0 Å². The Kier molecular flexibility index (Phi) is 6.00. The van der Waals surface area contributed by atoms with Crippen LogP contribution in [-0.2, 0) is 5.41 Å². The van der Waals surface area contributed by atoms with Crippen LogP contribution in [0.1, 0.15) is 45.6 Å². The fraction of sp³-hybridized carbons (Fsp3) is 0.667. The van der Waals surface area contributed by atoms with E-state index in [1.807, 2.05) is 0 Å². The van der Waals surface area contributed by atoms with Crippen LogP contribution in [0.4, 0.5) is 0 Å². The molecular formula is C21H34N4. The minimum absolute atomic E-state index is 0.0414. The molecule has 4 heteroatoms. The monoisotopic (exact) mass is 342 g/mol. The minimum Gasteiger partial charge on any atom is -0.357 e. The van der Waals surface area contributed by atoms with E-state index in [0.717, 1.165) is 37.6 Å². The van der Waals surface area contributed by atoms with Gasteiger partial charge < -0.3 is 15.5 Å². The smallest absolute Gasteiger partial charge is 0.191 e. The molecule has 2 aliphatic rings. The zero-order valence-electron chi connectivity index (χ0n) is 16.1. The van der Waals surface area contributed by atoms with Crippen LogP contribution >= 0.6 is 0 Å². The maximum absolute atomic E-state index is 4.87. The van der Waals surface area contributed by atoms with Crippen LogP contribution in [0.5, 0.6) is 0 Å². The van der Waals surface area contributed by atoms with E-state index in [1.54, 1.807) is 0 Å². The van der Waals surface area contributed by atoms with Crippen molar-refractivity contribution in [2.75, 3.05) is 32.7 Å². The maximum atomic E-state index is 4.87. The third-order valence-corrected chi connectivity index (χ3v) is 5.47. The number of rotatable bonds is 7. The highest BCUT2D eigenvalue weighted by Crippen LogP contribution is 2.31. The summed E-state index contributed by atoms with van der Waals surface area (Å²) < 4.78 is 0. The molecule has 1 unspecified atom stereocenters. The molecular weight excluding hydrogens is 308 g/mol. The Morgan fingerprint density at radius 1 is 1.16 bits per heavy atom. The summed E-state index contributed by atoms with van der Waals surface area (Å²) in [5.74, 6) is 1.71. The van der Waals surface area contributed by atoms with E-state index in [4.69, 9.17) is 4.99 Å². The average Bonchev–Trinajstić information content (AvgIpc) is 3.37. The van der Waals surface area contributed by atoms with Gasteiger partial charge in [0.2, 0.25) is 0 Å². The number of likely N-dealkylation sites (tertiary alicyclic amines) is 1. The normalized spacial score (nSPS) is 22.2. The minimum atomic E-state index is 0.0414. The van der Waals surface area contributed by atoms with E-state index < -0.39 is 0 Å². The SMILES string of the molecule is CCNC(=NCC(C)(C)c1ccccc1)NCC1CCN(C2CC2)C1. The molecule has 1 atom stereocenters. The predicted molar refractivity (Wildman–Crippen MR) is 106 cm³/mol. The third kappa shape index (κ3) is 5.21. The van der Waals surface area contributed by atoms with Gasteiger partial charge in [-0.25, -0.2) is 0 Å². The van der Waals surface area contributed by atoms with Crippen LogP contribution in [0.2, 0.25) is 0 Å². The van der Waals surface area contributed by atoms with Crippen molar-refractivity contribution in [3.8, 4) is 0 Å². The second-order valence-electron chi connectivity index (χ2n) is 8.21. The Morgan fingerprint density at radius 2 is 1.92 bits per heavy atom. The Balaban J connectivity index is 1.52. The molecule has 0 spiro atoms. The van der Waals surface area contributed by atoms with Crippen LogP contribution in [-0.4, -0.2) is 49.6 Å². The molecule has 1 aromatic rings. The van der Waals surface area contributed by atoms with Crippen LogP contribution in [0.3, 0.4) is 0 Å². The molecule has 1 heterocycles. The summed E-state index contributed by atoms with van der Waals surface area (Å²) >= 11 is 0. The van der Waals surface area contributed by atoms with Crippen LogP contribution in [0.25, 0.3) is 0 Å². The summed E-state index contributed by atoms with van der Waals surface area (Å²) in [6.45, 7) is 11.9. The molecule has 1 aliphatic carbocycles. The van der Waals surface area contributed by atoms with Crippen molar-refractivity contribution in [3.05, 3.63) is 35.9 Å². The Labute approximate surface area is 153 Å². The quantitative estimate of drug-likeness (QED) is 0.591. The van der Waals surface area contributed by atoms with Gasteiger partial charge in [-0.1, -0.05) is 44.2 Å². The first-order chi connectivity index (χ1) is 12.1. The Morgan fingerprint density at radius 3 is 2.60 bits per heavy atom. The molecule has 138 valence electrons. The predicted octanol–water partition coefficient (Wildman–Crippen LogP) is 3.00. The van der Waals surface area contributed by atoms with Crippen LogP contribution in [0.15, 0.2) is 35.3 Å². The number of nitrogens with one attached hydrogen (secondary N) is 2. The molecule has 0 bridgehead atoms. The lowest BCUT2D eigenvalue weighted by Gasteiger charge is -2.24. The first kappa shape index (κ1) is 18.2. The van der Waals surface area contributed by atoms with E-state index in [9.17, 15) is 0 Å². The number of hydrogen-bond donors (Lipinski definition) is 2. The first-order valence-corrected chi connectivity index (χ1v) is 9.90. The zero-order chi connectivity index (χ0) is 17.7. The van der Waals surface area contributed by atoms with E-state index in [-0.39, 0.29) is 5.41 Å². The highest BCUT2D eigenvalue weighted by molar-refractivity contribution is 5.79. The van der Waals surface area contributed by atoms with E-state index in [0.29, 0.717) is 0 Å². The summed E-state index contributed by atoms with van der Waals surface area (Å²) in [5.41, 5.74) is 1.38. The van der Waals surface area contributed by atoms with E-state index in [1.165, 1.54) is 37.9 Å². The topological polar surface area (TPSA) is 39.7 Å². The number of benzene rings is 1. The highest BCUT2D eigenvalue weighted by Gasteiger charge is 2.34. The van der Waals surface area contributed by atoms with Crippen molar-refractivity contribution in [2.45, 2.75) is 51.5 Å². The molecule has 0 radical (unpaired) electrons. The van der Waals surface area contributed by atoms with E-state index >= 15 is 0 Å². The van der Waals surface area contributed by atoms with Gasteiger partial charge in [-0.15, -0.1) is 0 Å². The second kappa shape index (κ2) is 8.22. The van der Waals surface area contributed by atoms with Crippen LogP contribution < -0.4 is 10.6 Å². The number of guanidine groups is 1. The van der Waals surface area contributed by atoms with Crippen molar-refractivity contribution >= 4 is 5.96 Å². The molecule has 4 nitrogen and oxygen atoms in total. The molecule has 25 heavy (non-hydrogen) atoms. The fourth-order valence-corrected chi connectivity index (χ4v) is 3.64. The lowest BCUT2D eigenvalue weighted by atomic mass is 9.85. The highest BCUT2D eigenvalue weighted by atomic mass is 15.2. The van der Waals surface area contributed by atoms with Gasteiger partial charge in [0.15, 0.2) is 5.96 Å². The average molecular weight is 343 g/mol. The molecule has 0 aromatic heterocycles. The Bertz CT molecular complexity index is 563. The summed E-state index contributed by atoms with van der Waals surface area (Å²) in [7, 11) is 0. The molecule has 2 N–H and O–H groups in total. The summed E-state index contributed by atoms with van der Waals surface area (Å²) in [4.78, 5) is 7.55. The molecule has 0 amide bonds. The largest absolute Gasteiger partial charge is 0.357 e. The third-order valence-electron chi connectivity index (χ3n) is 5.47. The van der Waals surface area contributed by atoms with E-state index in [2.05, 4.69) is 66.6 Å². The molecule has 3 rings (SSSR count). The lowest BCUT2D eigenvalue weighted by Crippen LogP contribution is -2.41. The van der Waals surface area contributed by atoms with Crippen molar-refractivity contribution in [2.24, 2.45) is 10.9 Å². The first-order valence-electron chi connectivity index (χ1n) is 9.90. The number of hydrogen-bond acceptors (Lipinski definition) is 2. The molecule has 1 saturated carbocycles. The maximum Gasteiger partial charge on any atom is 0.191 e. The van der Waals surface area contributed by atoms with Gasteiger partial charge in [0.05, 0.1) is 6.54 Å². The fourth-order valence-electron chi connectivity index (χ4n) is 3.64. The second-order valence-corrected chi connectivity index (χ2v) is 8.21. The van der Waals surface area contributed by atoms with Crippen molar-refractivity contribution in [3.63, 3.8) is 0 Å². The van der Waals surface area contributed by atoms with Gasteiger partial charge in [0, 0.05) is 31.1 Å². The van der Waals surface area contributed by atoms with Gasteiger partial charge in [0.1, 0.15) is 0 Å². The Hall–Kier alpha value is -1.55.